The zero-order valence-electron chi connectivity index (χ0n) is 24.5. The first-order valence-electron chi connectivity index (χ1n) is 16.0. The van der Waals surface area contributed by atoms with Crippen LogP contribution < -0.4 is 0 Å². The Labute approximate surface area is 212 Å². The number of hydrogen-bond donors (Lipinski definition) is 0. The van der Waals surface area contributed by atoms with Gasteiger partial charge in [0.25, 0.3) is 0 Å². The van der Waals surface area contributed by atoms with Gasteiger partial charge in [-0.2, -0.15) is 0 Å². The minimum Gasteiger partial charge on any atom is -0.0654 e. The maximum absolute atomic E-state index is 2.38. The van der Waals surface area contributed by atoms with E-state index >= 15 is 0 Å². The van der Waals surface area contributed by atoms with Crippen molar-refractivity contribution in [2.75, 3.05) is 0 Å². The predicted octanol–water partition coefficient (Wildman–Crippen LogP) is 12.8. The molecule has 0 aromatic heterocycles. The highest BCUT2D eigenvalue weighted by atomic mass is 14.2. The van der Waals surface area contributed by atoms with Crippen LogP contribution in [0.3, 0.4) is 0 Å². The third kappa shape index (κ3) is 28.1. The maximum Gasteiger partial charge on any atom is -0.0383 e. The Morgan fingerprint density at radius 1 is 0.364 bits per heavy atom. The fourth-order valence-electron chi connectivity index (χ4n) is 5.36. The van der Waals surface area contributed by atoms with Gasteiger partial charge in [0.15, 0.2) is 0 Å². The fourth-order valence-corrected chi connectivity index (χ4v) is 5.36. The highest BCUT2D eigenvalue weighted by Crippen LogP contribution is 2.26. The van der Waals surface area contributed by atoms with Gasteiger partial charge in [-0.05, 0) is 17.8 Å². The molecule has 0 N–H and O–H groups in total. The van der Waals surface area contributed by atoms with E-state index in [0.717, 1.165) is 5.92 Å². The Hall–Kier alpha value is 0. The van der Waals surface area contributed by atoms with E-state index in [2.05, 4.69) is 34.6 Å². The van der Waals surface area contributed by atoms with E-state index in [1.54, 1.807) is 0 Å². The summed E-state index contributed by atoms with van der Waals surface area (Å²) in [5.74, 6) is 1.03. The summed E-state index contributed by atoms with van der Waals surface area (Å²) >= 11 is 0. The van der Waals surface area contributed by atoms with Crippen molar-refractivity contribution in [3.63, 3.8) is 0 Å². The number of unbranched alkanes of at least 4 members (excludes halogenated alkanes) is 19. The van der Waals surface area contributed by atoms with Crippen LogP contribution in [0.5, 0.6) is 0 Å². The molecule has 0 aliphatic rings. The Morgan fingerprint density at radius 2 is 0.636 bits per heavy atom. The molecule has 0 aliphatic carbocycles. The molecule has 0 bridgehead atoms. The zero-order valence-corrected chi connectivity index (χ0v) is 24.5. The second kappa shape index (κ2) is 25.1. The molecule has 0 aromatic carbocycles. The molecule has 200 valence electrons. The molecule has 0 radical (unpaired) electrons. The van der Waals surface area contributed by atoms with Gasteiger partial charge in [0.1, 0.15) is 0 Å². The quantitative estimate of drug-likeness (QED) is 0.112. The summed E-state index contributed by atoms with van der Waals surface area (Å²) in [6.07, 6.45) is 38.2. The lowest BCUT2D eigenvalue weighted by Crippen LogP contribution is -2.04. The highest BCUT2D eigenvalue weighted by Gasteiger charge is 2.10. The molecule has 0 nitrogen and oxygen atoms in total. The van der Waals surface area contributed by atoms with Gasteiger partial charge in [-0.3, -0.25) is 0 Å². The van der Waals surface area contributed by atoms with Crippen molar-refractivity contribution in [1.29, 1.82) is 0 Å². The number of rotatable bonds is 26. The van der Waals surface area contributed by atoms with E-state index < -0.39 is 0 Å². The molecule has 0 heterocycles. The molecule has 0 saturated heterocycles. The molecule has 0 heteroatoms. The van der Waals surface area contributed by atoms with Crippen LogP contribution in [0.2, 0.25) is 0 Å². The van der Waals surface area contributed by atoms with Crippen LogP contribution in [0.4, 0.5) is 0 Å². The van der Waals surface area contributed by atoms with Gasteiger partial charge < -0.3 is 0 Å². The van der Waals surface area contributed by atoms with Gasteiger partial charge in [0.2, 0.25) is 0 Å². The van der Waals surface area contributed by atoms with Crippen LogP contribution in [0.25, 0.3) is 0 Å². The number of hydrogen-bond acceptors (Lipinski definition) is 0. The van der Waals surface area contributed by atoms with Crippen molar-refractivity contribution in [2.24, 2.45) is 11.3 Å². The minimum absolute atomic E-state index is 0.526. The molecule has 0 rings (SSSR count). The summed E-state index contributed by atoms with van der Waals surface area (Å²) < 4.78 is 0. The molecule has 0 atom stereocenters. The van der Waals surface area contributed by atoms with Crippen molar-refractivity contribution in [1.82, 2.24) is 0 Å². The summed E-state index contributed by atoms with van der Waals surface area (Å²) in [4.78, 5) is 0. The van der Waals surface area contributed by atoms with Gasteiger partial charge in [0.05, 0.1) is 0 Å². The molecule has 0 fully saturated rings. The van der Waals surface area contributed by atoms with E-state index in [9.17, 15) is 0 Å². The fraction of sp³-hybridized carbons (Fsp3) is 1.00. The molecule has 33 heavy (non-hydrogen) atoms. The van der Waals surface area contributed by atoms with Gasteiger partial charge in [-0.25, -0.2) is 0 Å². The second-order valence-corrected chi connectivity index (χ2v) is 12.6. The Bertz CT molecular complexity index is 330. The Kier molecular flexibility index (Phi) is 25.1. The minimum atomic E-state index is 0.526. The summed E-state index contributed by atoms with van der Waals surface area (Å²) in [6, 6.07) is 0. The van der Waals surface area contributed by atoms with Crippen LogP contribution in [-0.2, 0) is 0 Å². The molecular weight excluding hydrogens is 396 g/mol. The average Bonchev–Trinajstić information content (AvgIpc) is 2.77. The molecule has 0 aromatic rings. The zero-order chi connectivity index (χ0) is 24.5. The molecule has 0 saturated carbocycles. The smallest absolute Gasteiger partial charge is 0.0383 e. The molecule has 0 amide bonds. The van der Waals surface area contributed by atoms with Crippen LogP contribution in [-0.4, -0.2) is 0 Å². The van der Waals surface area contributed by atoms with E-state index in [1.807, 2.05) is 0 Å². The monoisotopic (exact) mass is 465 g/mol. The second-order valence-electron chi connectivity index (χ2n) is 12.6. The topological polar surface area (TPSA) is 0 Å². The summed E-state index contributed by atoms with van der Waals surface area (Å²) in [6.45, 7) is 11.8. The lowest BCUT2D eigenvalue weighted by molar-refractivity contribution is 0.351. The van der Waals surface area contributed by atoms with Crippen molar-refractivity contribution in [3.8, 4) is 0 Å². The Balaban J connectivity index is 3.89. The molecule has 0 unspecified atom stereocenters. The lowest BCUT2D eigenvalue weighted by Gasteiger charge is -2.18. The van der Waals surface area contributed by atoms with E-state index in [-0.39, 0.29) is 0 Å². The normalized spacial score (nSPS) is 12.2. The summed E-state index contributed by atoms with van der Waals surface area (Å²) in [5.41, 5.74) is 0.526. The summed E-state index contributed by atoms with van der Waals surface area (Å²) in [5, 5.41) is 0. The summed E-state index contributed by atoms with van der Waals surface area (Å²) in [7, 11) is 0. The van der Waals surface area contributed by atoms with E-state index in [0.29, 0.717) is 5.41 Å². The third-order valence-corrected chi connectivity index (χ3v) is 7.72. The SMILES string of the molecule is CCCCCCCCCCC(CCCCCCCCCC)CCCCCCCCC(C)(C)C. The van der Waals surface area contributed by atoms with Gasteiger partial charge in [0, 0.05) is 0 Å². The third-order valence-electron chi connectivity index (χ3n) is 7.72. The van der Waals surface area contributed by atoms with Crippen LogP contribution in [0.15, 0.2) is 0 Å². The predicted molar refractivity (Wildman–Crippen MR) is 154 cm³/mol. The Morgan fingerprint density at radius 3 is 0.939 bits per heavy atom. The van der Waals surface area contributed by atoms with Crippen molar-refractivity contribution in [3.05, 3.63) is 0 Å². The maximum atomic E-state index is 2.38. The van der Waals surface area contributed by atoms with Crippen LogP contribution >= 0.6 is 0 Å². The van der Waals surface area contributed by atoms with Gasteiger partial charge >= 0.3 is 0 Å². The highest BCUT2D eigenvalue weighted by molar-refractivity contribution is 4.63. The van der Waals surface area contributed by atoms with E-state index in [1.165, 1.54) is 167 Å². The molecule has 0 aliphatic heterocycles. The van der Waals surface area contributed by atoms with Crippen molar-refractivity contribution >= 4 is 0 Å². The standard InChI is InChI=1S/C33H68/c1-6-8-10-12-14-16-20-24-28-32(29-25-21-17-15-13-11-9-7-2)30-26-22-18-19-23-27-31-33(3,4)5/h32H,6-31H2,1-5H3. The largest absolute Gasteiger partial charge is 0.0654 e. The van der Waals surface area contributed by atoms with Crippen LogP contribution in [0.1, 0.15) is 202 Å². The average molecular weight is 465 g/mol. The first kappa shape index (κ1) is 33.0. The molecule has 0 spiro atoms. The first-order chi connectivity index (χ1) is 16.0. The van der Waals surface area contributed by atoms with E-state index in [4.69, 9.17) is 0 Å². The van der Waals surface area contributed by atoms with Gasteiger partial charge in [-0.15, -0.1) is 0 Å². The first-order valence-corrected chi connectivity index (χ1v) is 16.0. The van der Waals surface area contributed by atoms with Gasteiger partial charge in [-0.1, -0.05) is 195 Å². The lowest BCUT2D eigenvalue weighted by atomic mass is 9.88. The van der Waals surface area contributed by atoms with Crippen molar-refractivity contribution < 1.29 is 0 Å². The van der Waals surface area contributed by atoms with Crippen molar-refractivity contribution in [2.45, 2.75) is 202 Å². The van der Waals surface area contributed by atoms with Crippen LogP contribution in [0, 0.1) is 11.3 Å². The molecular formula is C33H68.